The third-order valence-corrected chi connectivity index (χ3v) is 9.76. The van der Waals surface area contributed by atoms with Crippen molar-refractivity contribution in [3.63, 3.8) is 0 Å². The molecule has 17 nitrogen and oxygen atoms in total. The molecule has 1 aromatic carbocycles. The van der Waals surface area contributed by atoms with Crippen LogP contribution in [0, 0.1) is 11.8 Å². The molecule has 8 atom stereocenters. The van der Waals surface area contributed by atoms with E-state index in [0.717, 1.165) is 4.90 Å². The molecule has 0 radical (unpaired) electrons. The highest BCUT2D eigenvalue weighted by Crippen LogP contribution is 2.20. The monoisotopic (exact) mass is 819 g/mol. The van der Waals surface area contributed by atoms with Crippen molar-refractivity contribution in [1.29, 1.82) is 0 Å². The fourth-order valence-electron chi connectivity index (χ4n) is 6.32. The molecule has 1 aliphatic rings. The van der Waals surface area contributed by atoms with Crippen LogP contribution in [0.4, 0.5) is 4.79 Å². The number of hydrogen-bond donors (Lipinski definition) is 4. The van der Waals surface area contributed by atoms with Crippen molar-refractivity contribution in [1.82, 2.24) is 25.8 Å². The van der Waals surface area contributed by atoms with Crippen LogP contribution in [-0.4, -0.2) is 132 Å². The summed E-state index contributed by atoms with van der Waals surface area (Å²) in [6.45, 7) is 16.4. The minimum absolute atomic E-state index is 0.0373. The molecule has 1 saturated heterocycles. The molecule has 5 amide bonds. The minimum atomic E-state index is -1.59. The Balaban J connectivity index is 2.75. The second-order valence-electron chi connectivity index (χ2n) is 16.5. The van der Waals surface area contributed by atoms with E-state index in [1.807, 2.05) is 13.8 Å². The van der Waals surface area contributed by atoms with Crippen LogP contribution in [0.1, 0.15) is 94.1 Å². The number of nitrogens with zero attached hydrogens (tertiary/aromatic N) is 2. The van der Waals surface area contributed by atoms with E-state index in [1.54, 1.807) is 65.8 Å². The van der Waals surface area contributed by atoms with E-state index in [4.69, 9.17) is 18.9 Å². The van der Waals surface area contributed by atoms with Gasteiger partial charge in [-0.25, -0.2) is 9.59 Å². The van der Waals surface area contributed by atoms with Gasteiger partial charge < -0.3 is 49.8 Å². The molecule has 17 heteroatoms. The summed E-state index contributed by atoms with van der Waals surface area (Å²) in [7, 11) is 4.30. The van der Waals surface area contributed by atoms with Gasteiger partial charge in [0.2, 0.25) is 17.7 Å². The zero-order valence-corrected chi connectivity index (χ0v) is 36.2. The van der Waals surface area contributed by atoms with Crippen LogP contribution >= 0.6 is 0 Å². The first kappa shape index (κ1) is 49.2. The fraction of sp³-hybridized carbons (Fsp3) is 0.683. The Bertz CT molecular complexity index is 1590. The number of ether oxygens (including phenoxy) is 4. The molecule has 0 bridgehead atoms. The van der Waals surface area contributed by atoms with Gasteiger partial charge in [0.25, 0.3) is 5.91 Å². The van der Waals surface area contributed by atoms with Crippen molar-refractivity contribution in [3.8, 4) is 5.75 Å². The van der Waals surface area contributed by atoms with Crippen LogP contribution in [0.15, 0.2) is 24.3 Å². The summed E-state index contributed by atoms with van der Waals surface area (Å²) in [5, 5.41) is 19.1. The maximum Gasteiger partial charge on any atom is 0.408 e. The number of hydrogen-bond acceptors (Lipinski definition) is 12. The number of nitrogens with one attached hydrogen (secondary N) is 3. The van der Waals surface area contributed by atoms with Crippen LogP contribution < -0.4 is 20.7 Å². The molecule has 326 valence electrons. The SMILES string of the molecule is CC[C@@H]1OC(=O)C[C@H](O)[C@@H](C(C)C)NC(=O)[C@@H](NC(=O)OC(C)(C)C)[C@@H](C)OC(=O)[C@H](Cc2ccc(OC)cc2)N(C)C(=O)[C@H](C)N(C)C(=O)[C@H](CC(C)C)NC1=O. The van der Waals surface area contributed by atoms with Crippen molar-refractivity contribution < 1.29 is 57.6 Å². The zero-order valence-electron chi connectivity index (χ0n) is 36.2. The number of amides is 5. The molecule has 4 N–H and O–H groups in total. The van der Waals surface area contributed by atoms with Crippen molar-refractivity contribution in [2.45, 2.75) is 149 Å². The first-order valence-electron chi connectivity index (χ1n) is 19.7. The first-order valence-corrected chi connectivity index (χ1v) is 19.7. The Morgan fingerprint density at radius 1 is 0.931 bits per heavy atom. The second-order valence-corrected chi connectivity index (χ2v) is 16.5. The van der Waals surface area contributed by atoms with E-state index in [-0.39, 0.29) is 25.2 Å². The minimum Gasteiger partial charge on any atom is -0.497 e. The van der Waals surface area contributed by atoms with Gasteiger partial charge in [-0.15, -0.1) is 0 Å². The molecular weight excluding hydrogens is 754 g/mol. The molecule has 1 aliphatic heterocycles. The molecule has 0 unspecified atom stereocenters. The topological polar surface area (TPSA) is 219 Å². The third-order valence-electron chi connectivity index (χ3n) is 9.76. The van der Waals surface area contributed by atoms with Crippen LogP contribution in [-0.2, 0) is 49.4 Å². The smallest absolute Gasteiger partial charge is 0.408 e. The van der Waals surface area contributed by atoms with E-state index < -0.39 is 108 Å². The Labute approximate surface area is 342 Å². The van der Waals surface area contributed by atoms with Gasteiger partial charge in [0.15, 0.2) is 6.10 Å². The molecule has 0 spiro atoms. The summed E-state index contributed by atoms with van der Waals surface area (Å²) >= 11 is 0. The number of benzene rings is 1. The number of methoxy groups -OCH3 is 1. The average Bonchev–Trinajstić information content (AvgIpc) is 3.13. The molecule has 0 saturated carbocycles. The van der Waals surface area contributed by atoms with Gasteiger partial charge in [-0.3, -0.25) is 24.0 Å². The first-order chi connectivity index (χ1) is 26.9. The lowest BCUT2D eigenvalue weighted by Gasteiger charge is -2.35. The second kappa shape index (κ2) is 21.7. The number of likely N-dealkylation sites (N-methyl/N-ethyl adjacent to an activating group) is 2. The van der Waals surface area contributed by atoms with E-state index in [1.165, 1.54) is 40.0 Å². The van der Waals surface area contributed by atoms with Crippen molar-refractivity contribution >= 4 is 41.7 Å². The molecule has 0 aliphatic carbocycles. The highest BCUT2D eigenvalue weighted by molar-refractivity contribution is 5.94. The van der Waals surface area contributed by atoms with E-state index in [9.17, 15) is 38.7 Å². The number of esters is 2. The lowest BCUT2D eigenvalue weighted by Crippen LogP contribution is -2.59. The van der Waals surface area contributed by atoms with Gasteiger partial charge in [0, 0.05) is 20.5 Å². The van der Waals surface area contributed by atoms with Crippen molar-refractivity contribution in [2.75, 3.05) is 21.2 Å². The average molecular weight is 820 g/mol. The van der Waals surface area contributed by atoms with E-state index >= 15 is 0 Å². The summed E-state index contributed by atoms with van der Waals surface area (Å²) in [4.78, 5) is 98.5. The highest BCUT2D eigenvalue weighted by atomic mass is 16.6. The molecular formula is C41H65N5O12. The predicted octanol–water partition coefficient (Wildman–Crippen LogP) is 2.49. The van der Waals surface area contributed by atoms with Crippen LogP contribution in [0.5, 0.6) is 5.75 Å². The van der Waals surface area contributed by atoms with Crippen LogP contribution in [0.2, 0.25) is 0 Å². The van der Waals surface area contributed by atoms with Gasteiger partial charge in [-0.05, 0) is 77.0 Å². The number of rotatable bonds is 8. The quantitative estimate of drug-likeness (QED) is 0.220. The van der Waals surface area contributed by atoms with Gasteiger partial charge in [-0.1, -0.05) is 46.8 Å². The summed E-state index contributed by atoms with van der Waals surface area (Å²) < 4.78 is 22.0. The highest BCUT2D eigenvalue weighted by Gasteiger charge is 2.40. The Morgan fingerprint density at radius 3 is 2.05 bits per heavy atom. The van der Waals surface area contributed by atoms with Crippen LogP contribution in [0.25, 0.3) is 0 Å². The summed E-state index contributed by atoms with van der Waals surface area (Å²) in [5.41, 5.74) is -0.349. The van der Waals surface area contributed by atoms with Gasteiger partial charge in [-0.2, -0.15) is 0 Å². The van der Waals surface area contributed by atoms with Gasteiger partial charge in [0.1, 0.15) is 41.6 Å². The number of alkyl carbamates (subject to hydrolysis) is 1. The summed E-state index contributed by atoms with van der Waals surface area (Å²) in [5.74, 6) is -4.75. The normalized spacial score (nSPS) is 26.6. The Kier molecular flexibility index (Phi) is 18.4. The standard InChI is InChI=1S/C41H65N5O12/c1-14-31-35(49)42-28(19-22(2)3)38(52)45(11)24(6)37(51)46(12)29(20-26-15-17-27(55-13)18-16-26)39(53)56-25(7)34(44-40(54)58-41(8,9)10)36(50)43-33(23(4)5)30(47)21-32(48)57-31/h15-18,22-25,28-31,33-34,47H,14,19-21H2,1-13H3,(H,42,49)(H,43,50)(H,44,54)/t24-,25+,28-,29-,30-,31-,33+,34-/m0/s1. The predicted molar refractivity (Wildman–Crippen MR) is 213 cm³/mol. The summed E-state index contributed by atoms with van der Waals surface area (Å²) in [6, 6.07) is 0.537. The Hall–Kier alpha value is -4.93. The number of cyclic esters (lactones) is 2. The largest absolute Gasteiger partial charge is 0.497 e. The fourth-order valence-corrected chi connectivity index (χ4v) is 6.32. The van der Waals surface area contributed by atoms with Crippen molar-refractivity contribution in [2.24, 2.45) is 11.8 Å². The number of aliphatic hydroxyl groups is 1. The van der Waals surface area contributed by atoms with E-state index in [0.29, 0.717) is 11.3 Å². The molecule has 0 aromatic heterocycles. The van der Waals surface area contributed by atoms with Crippen molar-refractivity contribution in [3.05, 3.63) is 29.8 Å². The maximum absolute atomic E-state index is 14.2. The van der Waals surface area contributed by atoms with Crippen LogP contribution in [0.3, 0.4) is 0 Å². The molecule has 1 heterocycles. The molecule has 1 aromatic rings. The maximum atomic E-state index is 14.2. The third kappa shape index (κ3) is 14.5. The lowest BCUT2D eigenvalue weighted by molar-refractivity contribution is -0.161. The molecule has 2 rings (SSSR count). The summed E-state index contributed by atoms with van der Waals surface area (Å²) in [6.07, 6.45) is -5.70. The van der Waals surface area contributed by atoms with Gasteiger partial charge >= 0.3 is 18.0 Å². The van der Waals surface area contributed by atoms with E-state index in [2.05, 4.69) is 16.0 Å². The molecule has 1 fully saturated rings. The number of carbonyl (C=O) groups excluding carboxylic acids is 7. The molecule has 58 heavy (non-hydrogen) atoms. The number of aliphatic hydroxyl groups excluding tert-OH is 1. The van der Waals surface area contributed by atoms with Gasteiger partial charge in [0.05, 0.1) is 25.7 Å². The lowest BCUT2D eigenvalue weighted by atomic mass is 9.95. The zero-order chi connectivity index (χ0) is 44.2. The Morgan fingerprint density at radius 2 is 1.53 bits per heavy atom. The number of carbonyl (C=O) groups is 7.